The Hall–Kier alpha value is -0.880. The molecule has 0 aromatic carbocycles. The first-order chi connectivity index (χ1) is 8.09. The van der Waals surface area contributed by atoms with E-state index in [9.17, 15) is 12.8 Å². The fraction of sp³-hybridized carbons (Fsp3) is 0.500. The van der Waals surface area contributed by atoms with Crippen molar-refractivity contribution in [2.75, 3.05) is 18.0 Å². The predicted molar refractivity (Wildman–Crippen MR) is 64.8 cm³/mol. The van der Waals surface area contributed by atoms with Gasteiger partial charge in [0.25, 0.3) is 0 Å². The molecule has 17 heavy (non-hydrogen) atoms. The lowest BCUT2D eigenvalue weighted by atomic mass is 10.1. The number of pyridine rings is 1. The van der Waals surface area contributed by atoms with E-state index in [1.54, 1.807) is 4.90 Å². The summed E-state index contributed by atoms with van der Waals surface area (Å²) in [4.78, 5) is 5.42. The average Bonchev–Trinajstić information content (AvgIpc) is 2.29. The van der Waals surface area contributed by atoms with Crippen LogP contribution in [0, 0.1) is 5.82 Å². The molecule has 2 rings (SSSR count). The maximum absolute atomic E-state index is 13.6. The zero-order valence-electron chi connectivity index (χ0n) is 8.97. The number of rotatable bonds is 2. The third kappa shape index (κ3) is 2.69. The van der Waals surface area contributed by atoms with Gasteiger partial charge in [-0.25, -0.2) is 12.8 Å². The van der Waals surface area contributed by atoms with Gasteiger partial charge in [-0.2, -0.15) is 0 Å². The first-order valence-electron chi connectivity index (χ1n) is 5.27. The second-order valence-electron chi connectivity index (χ2n) is 3.96. The summed E-state index contributed by atoms with van der Waals surface area (Å²) in [7, 11) is -2.39. The molecule has 0 bridgehead atoms. The maximum atomic E-state index is 13.6. The summed E-state index contributed by atoms with van der Waals surface area (Å²) >= 11 is 5.90. The van der Waals surface area contributed by atoms with E-state index in [1.165, 1.54) is 6.20 Å². The SMILES string of the molecule is O=[SH](=O)C1CCN(c2c(F)cncc2Cl)CC1. The van der Waals surface area contributed by atoms with Crippen molar-refractivity contribution in [2.45, 2.75) is 18.1 Å². The number of thiol groups is 1. The van der Waals surface area contributed by atoms with Crippen LogP contribution >= 0.6 is 11.6 Å². The van der Waals surface area contributed by atoms with E-state index in [0.29, 0.717) is 31.6 Å². The van der Waals surface area contributed by atoms with Gasteiger partial charge in [-0.1, -0.05) is 11.6 Å². The molecule has 0 saturated carbocycles. The van der Waals surface area contributed by atoms with Crippen LogP contribution in [0.15, 0.2) is 12.4 Å². The number of aromatic nitrogens is 1. The van der Waals surface area contributed by atoms with E-state index < -0.39 is 16.5 Å². The van der Waals surface area contributed by atoms with Crippen LogP contribution in [0.1, 0.15) is 12.8 Å². The minimum absolute atomic E-state index is 0.259. The first kappa shape index (κ1) is 12.6. The van der Waals surface area contributed by atoms with Gasteiger partial charge in [0.1, 0.15) is 10.7 Å². The van der Waals surface area contributed by atoms with Crippen LogP contribution in [0.2, 0.25) is 5.02 Å². The lowest BCUT2D eigenvalue weighted by Gasteiger charge is -2.32. The summed E-state index contributed by atoms with van der Waals surface area (Å²) < 4.78 is 35.3. The van der Waals surface area contributed by atoms with Crippen LogP contribution in [0.25, 0.3) is 0 Å². The van der Waals surface area contributed by atoms with E-state index in [4.69, 9.17) is 11.6 Å². The van der Waals surface area contributed by atoms with Crippen molar-refractivity contribution in [1.82, 2.24) is 4.98 Å². The van der Waals surface area contributed by atoms with Crippen LogP contribution < -0.4 is 4.90 Å². The minimum atomic E-state index is -2.39. The van der Waals surface area contributed by atoms with Crippen molar-refractivity contribution >= 4 is 28.0 Å². The summed E-state index contributed by atoms with van der Waals surface area (Å²) in [6, 6.07) is 0. The largest absolute Gasteiger partial charge is 0.368 e. The second-order valence-corrected chi connectivity index (χ2v) is 5.66. The molecule has 2 heterocycles. The van der Waals surface area contributed by atoms with Crippen LogP contribution in [0.3, 0.4) is 0 Å². The molecule has 7 heteroatoms. The molecule has 1 aliphatic heterocycles. The molecule has 0 radical (unpaired) electrons. The smallest absolute Gasteiger partial charge is 0.166 e. The molecule has 0 atom stereocenters. The van der Waals surface area contributed by atoms with Crippen molar-refractivity contribution < 1.29 is 12.8 Å². The number of anilines is 1. The molecular formula is C10H12ClFN2O2S. The number of nitrogens with zero attached hydrogens (tertiary/aromatic N) is 2. The summed E-state index contributed by atoms with van der Waals surface area (Å²) in [5.41, 5.74) is 0.321. The van der Waals surface area contributed by atoms with Gasteiger partial charge in [-0.15, -0.1) is 0 Å². The monoisotopic (exact) mass is 278 g/mol. The first-order valence-corrected chi connectivity index (χ1v) is 6.89. The van der Waals surface area contributed by atoms with Gasteiger partial charge in [-0.3, -0.25) is 4.98 Å². The third-order valence-corrected chi connectivity index (χ3v) is 4.30. The molecule has 1 saturated heterocycles. The molecule has 0 amide bonds. The van der Waals surface area contributed by atoms with Gasteiger partial charge in [0.05, 0.1) is 22.2 Å². The Labute approximate surface area is 105 Å². The van der Waals surface area contributed by atoms with Gasteiger partial charge < -0.3 is 4.90 Å². The lowest BCUT2D eigenvalue weighted by molar-refractivity contribution is 0.534. The van der Waals surface area contributed by atoms with Gasteiger partial charge >= 0.3 is 0 Å². The highest BCUT2D eigenvalue weighted by Crippen LogP contribution is 2.30. The van der Waals surface area contributed by atoms with Crippen molar-refractivity contribution in [3.8, 4) is 0 Å². The van der Waals surface area contributed by atoms with Crippen molar-refractivity contribution in [3.05, 3.63) is 23.2 Å². The highest BCUT2D eigenvalue weighted by atomic mass is 35.5. The third-order valence-electron chi connectivity index (χ3n) is 2.91. The van der Waals surface area contributed by atoms with Crippen molar-refractivity contribution in [3.63, 3.8) is 0 Å². The normalized spacial score (nSPS) is 17.7. The Morgan fingerprint density at radius 3 is 2.53 bits per heavy atom. The van der Waals surface area contributed by atoms with Crippen LogP contribution in [0.4, 0.5) is 10.1 Å². The molecule has 1 aromatic heterocycles. The molecule has 0 aliphatic carbocycles. The Morgan fingerprint density at radius 1 is 1.35 bits per heavy atom. The molecule has 1 fully saturated rings. The highest BCUT2D eigenvalue weighted by Gasteiger charge is 2.24. The van der Waals surface area contributed by atoms with Crippen LogP contribution in [0.5, 0.6) is 0 Å². The van der Waals surface area contributed by atoms with E-state index in [-0.39, 0.29) is 10.3 Å². The molecule has 94 valence electrons. The predicted octanol–water partition coefficient (Wildman–Crippen LogP) is 1.45. The van der Waals surface area contributed by atoms with Crippen LogP contribution in [-0.2, 0) is 10.7 Å². The number of hydrogen-bond acceptors (Lipinski definition) is 4. The Balaban J connectivity index is 2.16. The summed E-state index contributed by atoms with van der Waals surface area (Å²) in [6.45, 7) is 0.989. The molecule has 4 nitrogen and oxygen atoms in total. The van der Waals surface area contributed by atoms with Crippen LogP contribution in [-0.4, -0.2) is 31.7 Å². The zero-order chi connectivity index (χ0) is 12.4. The van der Waals surface area contributed by atoms with Gasteiger partial charge in [0, 0.05) is 19.3 Å². The number of halogens is 2. The summed E-state index contributed by atoms with van der Waals surface area (Å²) in [5, 5.41) is -0.0418. The Morgan fingerprint density at radius 2 is 2.00 bits per heavy atom. The quantitative estimate of drug-likeness (QED) is 0.832. The van der Waals surface area contributed by atoms with E-state index in [2.05, 4.69) is 4.98 Å². The Kier molecular flexibility index (Phi) is 3.83. The van der Waals surface area contributed by atoms with Gasteiger partial charge in [-0.05, 0) is 12.8 Å². The molecule has 1 aliphatic rings. The molecule has 0 N–H and O–H groups in total. The molecule has 0 spiro atoms. The minimum Gasteiger partial charge on any atom is -0.368 e. The fourth-order valence-electron chi connectivity index (χ4n) is 2.01. The van der Waals surface area contributed by atoms with E-state index >= 15 is 0 Å². The zero-order valence-corrected chi connectivity index (χ0v) is 10.6. The van der Waals surface area contributed by atoms with Gasteiger partial charge in [0.15, 0.2) is 5.82 Å². The maximum Gasteiger partial charge on any atom is 0.166 e. The second kappa shape index (κ2) is 5.18. The Bertz CT molecular complexity index is 459. The molecular weight excluding hydrogens is 267 g/mol. The van der Waals surface area contributed by atoms with Crippen molar-refractivity contribution in [2.24, 2.45) is 0 Å². The van der Waals surface area contributed by atoms with Gasteiger partial charge in [0.2, 0.25) is 0 Å². The molecule has 0 unspecified atom stereocenters. The summed E-state index contributed by atoms with van der Waals surface area (Å²) in [6.07, 6.45) is 3.52. The van der Waals surface area contributed by atoms with Crippen molar-refractivity contribution in [1.29, 1.82) is 0 Å². The standard InChI is InChI=1S/C10H12ClFN2O2S/c11-8-5-13-6-9(12)10(8)14-3-1-7(2-4-14)17(15)16/h5-7,17H,1-4H2. The molecule has 1 aromatic rings. The summed E-state index contributed by atoms with van der Waals surface area (Å²) in [5.74, 6) is -0.470. The fourth-order valence-corrected chi connectivity index (χ4v) is 2.93. The topological polar surface area (TPSA) is 50.3 Å². The highest BCUT2D eigenvalue weighted by molar-refractivity contribution is 7.73. The average molecular weight is 279 g/mol. The number of piperidine rings is 1. The number of hydrogen-bond donors (Lipinski definition) is 1. The van der Waals surface area contributed by atoms with E-state index in [1.807, 2.05) is 0 Å². The van der Waals surface area contributed by atoms with E-state index in [0.717, 1.165) is 6.20 Å². The lowest BCUT2D eigenvalue weighted by Crippen LogP contribution is -2.37.